The van der Waals surface area contributed by atoms with Gasteiger partial charge >= 0.3 is 0 Å². The van der Waals surface area contributed by atoms with Gasteiger partial charge in [0, 0.05) is 36.0 Å². The van der Waals surface area contributed by atoms with Gasteiger partial charge in [-0.15, -0.1) is 0 Å². The first-order valence-electron chi connectivity index (χ1n) is 8.81. The summed E-state index contributed by atoms with van der Waals surface area (Å²) < 4.78 is 2.57. The average Bonchev–Trinajstić information content (AvgIpc) is 2.87. The highest BCUT2D eigenvalue weighted by molar-refractivity contribution is 9.10. The first kappa shape index (κ1) is 16.4. The van der Waals surface area contributed by atoms with Crippen LogP contribution in [0.3, 0.4) is 0 Å². The lowest BCUT2D eigenvalue weighted by atomic mass is 9.91. The Morgan fingerprint density at radius 1 is 1.08 bits per heavy atom. The Kier molecular flexibility index (Phi) is 3.72. The molecule has 4 saturated heterocycles. The summed E-state index contributed by atoms with van der Waals surface area (Å²) in [4.78, 5) is 25.1. The maximum Gasteiger partial charge on any atom is 0.280 e. The van der Waals surface area contributed by atoms with E-state index in [0.717, 1.165) is 55.5 Å². The molecule has 4 aliphatic heterocycles. The van der Waals surface area contributed by atoms with Crippen LogP contribution in [-0.2, 0) is 0 Å². The smallest absolute Gasteiger partial charge is 0.280 e. The van der Waals surface area contributed by atoms with E-state index in [1.54, 1.807) is 10.9 Å². The topological polar surface area (TPSA) is 59.9 Å². The third kappa shape index (κ3) is 2.68. The molecule has 8 heteroatoms. The van der Waals surface area contributed by atoms with Crippen molar-refractivity contribution in [2.45, 2.75) is 12.5 Å². The summed E-state index contributed by atoms with van der Waals surface area (Å²) in [5.74, 6) is 0. The first-order valence-corrected chi connectivity index (χ1v) is 9.61. The largest absolute Gasteiger partial charge is 0.295 e. The number of H-pyrrole nitrogens is 1. The zero-order chi connectivity index (χ0) is 17.9. The minimum Gasteiger partial charge on any atom is -0.295 e. The van der Waals surface area contributed by atoms with Crippen LogP contribution in [0.25, 0.3) is 5.69 Å². The molecule has 136 valence electrons. The number of nitrogens with one attached hydrogen (secondary N) is 1. The zero-order valence-corrected chi connectivity index (χ0v) is 16.2. The lowest BCUT2D eigenvalue weighted by Gasteiger charge is -2.59. The quantitative estimate of drug-likeness (QED) is 0.764. The minimum atomic E-state index is -0.118. The van der Waals surface area contributed by atoms with Crippen molar-refractivity contribution in [2.75, 3.05) is 39.6 Å². The monoisotopic (exact) mass is 416 g/mol. The van der Waals surface area contributed by atoms with Crippen LogP contribution in [-0.4, -0.2) is 75.9 Å². The lowest BCUT2D eigenvalue weighted by molar-refractivity contribution is -0.139. The number of hydrogen-bond acceptors (Lipinski definition) is 5. The van der Waals surface area contributed by atoms with Crippen molar-refractivity contribution in [3.8, 4) is 5.69 Å². The van der Waals surface area contributed by atoms with E-state index in [0.29, 0.717) is 5.56 Å². The molecular formula is C18H21BrN6O. The zero-order valence-electron chi connectivity index (χ0n) is 14.7. The molecule has 1 aromatic heterocycles. The Morgan fingerprint density at radius 2 is 1.65 bits per heavy atom. The van der Waals surface area contributed by atoms with Crippen molar-refractivity contribution in [1.29, 1.82) is 0 Å². The second kappa shape index (κ2) is 5.88. The Labute approximate surface area is 160 Å². The van der Waals surface area contributed by atoms with Crippen molar-refractivity contribution in [3.05, 3.63) is 50.3 Å². The predicted octanol–water partition coefficient (Wildman–Crippen LogP) is 1.21. The first-order chi connectivity index (χ1) is 12.5. The molecule has 26 heavy (non-hydrogen) atoms. The van der Waals surface area contributed by atoms with Gasteiger partial charge in [-0.2, -0.15) is 0 Å². The van der Waals surface area contributed by atoms with Gasteiger partial charge in [-0.3, -0.25) is 29.6 Å². The van der Waals surface area contributed by atoms with Gasteiger partial charge in [0.15, 0.2) is 0 Å². The molecular weight excluding hydrogens is 396 g/mol. The lowest BCUT2D eigenvalue weighted by Crippen LogP contribution is -2.75. The minimum absolute atomic E-state index is 0.0563. The van der Waals surface area contributed by atoms with Crippen molar-refractivity contribution >= 4 is 22.1 Å². The van der Waals surface area contributed by atoms with Crippen molar-refractivity contribution in [2.24, 2.45) is 4.99 Å². The number of halogens is 1. The van der Waals surface area contributed by atoms with Gasteiger partial charge < -0.3 is 0 Å². The molecule has 0 radical (unpaired) electrons. The molecule has 0 spiro atoms. The number of nitrogens with zero attached hydrogens (tertiary/aromatic N) is 5. The average molecular weight is 417 g/mol. The van der Waals surface area contributed by atoms with E-state index in [2.05, 4.69) is 35.7 Å². The van der Waals surface area contributed by atoms with E-state index >= 15 is 0 Å². The molecule has 5 heterocycles. The Balaban J connectivity index is 1.47. The molecule has 0 aliphatic carbocycles. The second-order valence-corrected chi connectivity index (χ2v) is 8.58. The number of hydrogen-bond donors (Lipinski definition) is 1. The molecule has 1 aromatic carbocycles. The standard InChI is InChI=1S/C18H21BrN6O/c1-13-16(17(26)25(21-13)15-4-2-14(19)3-5-15)6-20-18-7-22-10-23(8-18)12-24(9-18)11-22/h2-6,21H,7-12H2,1H3. The number of aryl methyl sites for hydroxylation is 1. The van der Waals surface area contributed by atoms with E-state index < -0.39 is 0 Å². The van der Waals surface area contributed by atoms with Gasteiger partial charge in [0.2, 0.25) is 0 Å². The SMILES string of the molecule is Cc1[nH]n(-c2ccc(Br)cc2)c(=O)c1C=NC12CN3CN(CN(C3)C1)C2. The molecule has 0 amide bonds. The van der Waals surface area contributed by atoms with E-state index in [9.17, 15) is 4.79 Å². The van der Waals surface area contributed by atoms with Gasteiger partial charge in [-0.1, -0.05) is 15.9 Å². The molecule has 6 rings (SSSR count). The second-order valence-electron chi connectivity index (χ2n) is 7.66. The van der Waals surface area contributed by atoms with Crippen LogP contribution < -0.4 is 5.56 Å². The van der Waals surface area contributed by atoms with Gasteiger partial charge in [-0.25, -0.2) is 4.68 Å². The Bertz CT molecular complexity index is 893. The number of aromatic amines is 1. The summed E-state index contributed by atoms with van der Waals surface area (Å²) in [6.45, 7) is 7.95. The highest BCUT2D eigenvalue weighted by Crippen LogP contribution is 2.31. The maximum absolute atomic E-state index is 12.9. The molecule has 4 aliphatic rings. The Hall–Kier alpha value is -1.74. The van der Waals surface area contributed by atoms with Crippen LogP contribution in [0.15, 0.2) is 38.5 Å². The molecule has 4 bridgehead atoms. The van der Waals surface area contributed by atoms with Crippen molar-refractivity contribution < 1.29 is 0 Å². The number of benzene rings is 1. The maximum atomic E-state index is 12.9. The summed E-state index contributed by atoms with van der Waals surface area (Å²) in [6, 6.07) is 7.68. The van der Waals surface area contributed by atoms with Crippen molar-refractivity contribution in [1.82, 2.24) is 24.5 Å². The highest BCUT2D eigenvalue weighted by atomic mass is 79.9. The summed E-state index contributed by atoms with van der Waals surface area (Å²) in [7, 11) is 0. The summed E-state index contributed by atoms with van der Waals surface area (Å²) in [5.41, 5.74) is 2.13. The fourth-order valence-corrected chi connectivity index (χ4v) is 4.75. The summed E-state index contributed by atoms with van der Waals surface area (Å²) in [6.07, 6.45) is 1.79. The fraction of sp³-hybridized carbons (Fsp3) is 0.444. The van der Waals surface area contributed by atoms with Crippen LogP contribution in [0.5, 0.6) is 0 Å². The van der Waals surface area contributed by atoms with Crippen LogP contribution in [0.4, 0.5) is 0 Å². The highest BCUT2D eigenvalue weighted by Gasteiger charge is 2.48. The number of rotatable bonds is 3. The third-order valence-corrected chi connectivity index (χ3v) is 5.95. The molecule has 0 unspecified atom stereocenters. The molecule has 0 saturated carbocycles. The van der Waals surface area contributed by atoms with E-state index in [-0.39, 0.29) is 11.1 Å². The van der Waals surface area contributed by atoms with E-state index in [4.69, 9.17) is 4.99 Å². The molecule has 4 fully saturated rings. The summed E-state index contributed by atoms with van der Waals surface area (Å²) >= 11 is 3.43. The molecule has 1 N–H and O–H groups in total. The number of aliphatic imine (C=N–C) groups is 1. The van der Waals surface area contributed by atoms with Gasteiger partial charge in [0.05, 0.1) is 36.8 Å². The van der Waals surface area contributed by atoms with E-state index in [1.165, 1.54) is 0 Å². The van der Waals surface area contributed by atoms with Gasteiger partial charge in [0.1, 0.15) is 0 Å². The van der Waals surface area contributed by atoms with Crippen LogP contribution >= 0.6 is 15.9 Å². The molecule has 7 nitrogen and oxygen atoms in total. The van der Waals surface area contributed by atoms with Crippen molar-refractivity contribution in [3.63, 3.8) is 0 Å². The van der Waals surface area contributed by atoms with Gasteiger partial charge in [0.25, 0.3) is 5.56 Å². The Morgan fingerprint density at radius 3 is 2.23 bits per heavy atom. The fourth-order valence-electron chi connectivity index (χ4n) is 4.49. The third-order valence-electron chi connectivity index (χ3n) is 5.42. The van der Waals surface area contributed by atoms with E-state index in [1.807, 2.05) is 31.2 Å². The normalized spacial score (nSPS) is 32.6. The van der Waals surface area contributed by atoms with Crippen LogP contribution in [0.1, 0.15) is 11.3 Å². The van der Waals surface area contributed by atoms with Crippen LogP contribution in [0.2, 0.25) is 0 Å². The molecule has 0 atom stereocenters. The molecule has 2 aromatic rings. The summed E-state index contributed by atoms with van der Waals surface area (Å²) in [5, 5.41) is 3.17. The van der Waals surface area contributed by atoms with Gasteiger partial charge in [-0.05, 0) is 31.2 Å². The number of aromatic nitrogens is 2. The predicted molar refractivity (Wildman–Crippen MR) is 104 cm³/mol. The van der Waals surface area contributed by atoms with Crippen LogP contribution in [0, 0.1) is 6.92 Å².